The molecule has 0 aromatic carbocycles. The lowest BCUT2D eigenvalue weighted by molar-refractivity contribution is -0.136. The molecular weight excluding hydrogens is 286 g/mol. The van der Waals surface area contributed by atoms with E-state index in [9.17, 15) is 4.79 Å². The van der Waals surface area contributed by atoms with Crippen molar-refractivity contribution in [2.45, 2.75) is 59.0 Å². The summed E-state index contributed by atoms with van der Waals surface area (Å²) >= 11 is 0. The van der Waals surface area contributed by atoms with Crippen LogP contribution in [0.1, 0.15) is 47.0 Å². The minimum absolute atomic E-state index is 0. The van der Waals surface area contributed by atoms with E-state index < -0.39 is 0 Å². The van der Waals surface area contributed by atoms with E-state index in [1.54, 1.807) is 0 Å². The summed E-state index contributed by atoms with van der Waals surface area (Å²) in [6.07, 6.45) is 3.45. The average molecular weight is 318 g/mol. The van der Waals surface area contributed by atoms with Crippen LogP contribution in [0.15, 0.2) is 0 Å². The van der Waals surface area contributed by atoms with Crippen LogP contribution >= 0.6 is 12.4 Å². The maximum absolute atomic E-state index is 12.8. The summed E-state index contributed by atoms with van der Waals surface area (Å²) in [5, 5.41) is 3.45. The third-order valence-electron chi connectivity index (χ3n) is 5.18. The van der Waals surface area contributed by atoms with Crippen LogP contribution in [0.4, 0.5) is 0 Å². The molecule has 0 aliphatic carbocycles. The van der Waals surface area contributed by atoms with Gasteiger partial charge in [0.1, 0.15) is 0 Å². The lowest BCUT2D eigenvalue weighted by atomic mass is 9.77. The molecule has 2 heterocycles. The van der Waals surface area contributed by atoms with Crippen molar-refractivity contribution >= 4 is 18.3 Å². The molecule has 4 nitrogen and oxygen atoms in total. The number of amides is 1. The van der Waals surface area contributed by atoms with Crippen LogP contribution < -0.4 is 5.32 Å². The van der Waals surface area contributed by atoms with Gasteiger partial charge in [0.15, 0.2) is 0 Å². The van der Waals surface area contributed by atoms with E-state index >= 15 is 0 Å². The van der Waals surface area contributed by atoms with Gasteiger partial charge in [0.05, 0.1) is 6.04 Å². The van der Waals surface area contributed by atoms with E-state index in [2.05, 4.69) is 42.8 Å². The van der Waals surface area contributed by atoms with Crippen molar-refractivity contribution in [3.63, 3.8) is 0 Å². The van der Waals surface area contributed by atoms with Gasteiger partial charge in [-0.05, 0) is 44.3 Å². The van der Waals surface area contributed by atoms with Crippen molar-refractivity contribution in [1.82, 2.24) is 15.1 Å². The van der Waals surface area contributed by atoms with Crippen molar-refractivity contribution in [1.29, 1.82) is 0 Å². The highest BCUT2D eigenvalue weighted by atomic mass is 35.5. The first-order valence-electron chi connectivity index (χ1n) is 8.25. The van der Waals surface area contributed by atoms with E-state index in [4.69, 9.17) is 0 Å². The maximum Gasteiger partial charge on any atom is 0.240 e. The molecule has 2 rings (SSSR count). The highest BCUT2D eigenvalue weighted by molar-refractivity contribution is 5.85. The number of hydrogen-bond donors (Lipinski definition) is 1. The van der Waals surface area contributed by atoms with Crippen LogP contribution in [0.25, 0.3) is 0 Å². The van der Waals surface area contributed by atoms with Gasteiger partial charge < -0.3 is 10.2 Å². The third kappa shape index (κ3) is 4.11. The first-order chi connectivity index (χ1) is 9.49. The van der Waals surface area contributed by atoms with Crippen molar-refractivity contribution in [3.8, 4) is 0 Å². The molecule has 1 N–H and O–H groups in total. The summed E-state index contributed by atoms with van der Waals surface area (Å²) in [7, 11) is 0. The predicted octanol–water partition coefficient (Wildman–Crippen LogP) is 2.13. The Hall–Kier alpha value is -0.320. The molecule has 1 amide bonds. The van der Waals surface area contributed by atoms with E-state index in [0.717, 1.165) is 45.6 Å². The number of hydrogen-bond acceptors (Lipinski definition) is 3. The summed E-state index contributed by atoms with van der Waals surface area (Å²) in [4.78, 5) is 17.4. The summed E-state index contributed by atoms with van der Waals surface area (Å²) < 4.78 is 0. The smallest absolute Gasteiger partial charge is 0.240 e. The number of carbonyl (C=O) groups excluding carboxylic acids is 1. The maximum atomic E-state index is 12.8. The van der Waals surface area contributed by atoms with E-state index in [1.165, 1.54) is 6.42 Å². The fraction of sp³-hybridized carbons (Fsp3) is 0.938. The van der Waals surface area contributed by atoms with E-state index in [-0.39, 0.29) is 23.9 Å². The second-order valence-electron chi connectivity index (χ2n) is 6.93. The summed E-state index contributed by atoms with van der Waals surface area (Å²) in [6, 6.07) is 0.562. The van der Waals surface area contributed by atoms with E-state index in [0.29, 0.717) is 11.9 Å². The number of piperidine rings is 1. The van der Waals surface area contributed by atoms with Gasteiger partial charge in [-0.15, -0.1) is 12.4 Å². The summed E-state index contributed by atoms with van der Waals surface area (Å²) in [5.41, 5.74) is 0.0859. The number of carbonyl (C=O) groups is 1. The number of nitrogens with one attached hydrogen (secondary N) is 1. The van der Waals surface area contributed by atoms with Crippen LogP contribution in [0.2, 0.25) is 0 Å². The van der Waals surface area contributed by atoms with Gasteiger partial charge in [-0.1, -0.05) is 27.7 Å². The van der Waals surface area contributed by atoms with Gasteiger partial charge in [-0.25, -0.2) is 0 Å². The molecule has 0 bridgehead atoms. The quantitative estimate of drug-likeness (QED) is 0.863. The van der Waals surface area contributed by atoms with Crippen LogP contribution in [0.3, 0.4) is 0 Å². The molecule has 2 saturated heterocycles. The first-order valence-corrected chi connectivity index (χ1v) is 8.25. The zero-order chi connectivity index (χ0) is 14.8. The van der Waals surface area contributed by atoms with Crippen molar-refractivity contribution < 1.29 is 4.79 Å². The van der Waals surface area contributed by atoms with Gasteiger partial charge >= 0.3 is 0 Å². The first kappa shape index (κ1) is 18.7. The Morgan fingerprint density at radius 1 is 1.33 bits per heavy atom. The number of rotatable bonds is 4. The molecular formula is C16H32ClN3O. The molecule has 21 heavy (non-hydrogen) atoms. The van der Waals surface area contributed by atoms with Crippen LogP contribution in [-0.4, -0.2) is 60.5 Å². The topological polar surface area (TPSA) is 35.6 Å². The Morgan fingerprint density at radius 3 is 2.57 bits per heavy atom. The Kier molecular flexibility index (Phi) is 6.95. The van der Waals surface area contributed by atoms with Crippen molar-refractivity contribution in [2.24, 2.45) is 5.41 Å². The molecule has 124 valence electrons. The molecule has 0 radical (unpaired) electrons. The van der Waals surface area contributed by atoms with Crippen LogP contribution in [0, 0.1) is 5.41 Å². The van der Waals surface area contributed by atoms with Gasteiger partial charge in [-0.3, -0.25) is 9.69 Å². The van der Waals surface area contributed by atoms with Gasteiger partial charge in [0, 0.05) is 19.1 Å². The van der Waals surface area contributed by atoms with Gasteiger partial charge in [0.25, 0.3) is 0 Å². The zero-order valence-electron chi connectivity index (χ0n) is 14.0. The molecule has 0 aromatic heterocycles. The molecule has 0 spiro atoms. The second-order valence-corrected chi connectivity index (χ2v) is 6.93. The van der Waals surface area contributed by atoms with Gasteiger partial charge in [0.2, 0.25) is 5.91 Å². The van der Waals surface area contributed by atoms with Crippen molar-refractivity contribution in [2.75, 3.05) is 32.7 Å². The fourth-order valence-electron chi connectivity index (χ4n) is 3.80. The lowest BCUT2D eigenvalue weighted by Gasteiger charge is -2.40. The molecule has 2 unspecified atom stereocenters. The molecule has 2 atom stereocenters. The minimum Gasteiger partial charge on any atom is -0.340 e. The number of likely N-dealkylation sites (tertiary alicyclic amines) is 1. The minimum atomic E-state index is 0. The highest BCUT2D eigenvalue weighted by Gasteiger charge is 2.41. The van der Waals surface area contributed by atoms with Crippen molar-refractivity contribution in [3.05, 3.63) is 0 Å². The molecule has 5 heteroatoms. The Balaban J connectivity index is 0.00000220. The Labute approximate surface area is 136 Å². The number of halogens is 1. The van der Waals surface area contributed by atoms with Crippen LogP contribution in [-0.2, 0) is 4.79 Å². The molecule has 0 aromatic rings. The largest absolute Gasteiger partial charge is 0.340 e. The summed E-state index contributed by atoms with van der Waals surface area (Å²) in [5.74, 6) is 0.323. The predicted molar refractivity (Wildman–Crippen MR) is 90.0 cm³/mol. The normalized spacial score (nSPS) is 28.5. The molecule has 2 aliphatic rings. The molecule has 2 aliphatic heterocycles. The standard InChI is InChI=1S/C16H31N3O.ClH/c1-5-18(6-2)13-8-11-19(12-13)15(20)14-16(3,4)9-7-10-17-14;/h13-14,17H,5-12H2,1-4H3;1H. The Bertz CT molecular complexity index is 344. The zero-order valence-corrected chi connectivity index (χ0v) is 14.8. The highest BCUT2D eigenvalue weighted by Crippen LogP contribution is 2.32. The SMILES string of the molecule is CCN(CC)C1CCN(C(=O)C2NCCCC2(C)C)C1.Cl. The number of likely N-dealkylation sites (N-methyl/N-ethyl adjacent to an activating group) is 1. The fourth-order valence-corrected chi connectivity index (χ4v) is 3.80. The molecule has 0 saturated carbocycles. The monoisotopic (exact) mass is 317 g/mol. The van der Waals surface area contributed by atoms with Crippen LogP contribution in [0.5, 0.6) is 0 Å². The third-order valence-corrected chi connectivity index (χ3v) is 5.18. The van der Waals surface area contributed by atoms with Gasteiger partial charge in [-0.2, -0.15) is 0 Å². The second kappa shape index (κ2) is 7.80. The van der Waals surface area contributed by atoms with E-state index in [1.807, 2.05) is 0 Å². The average Bonchev–Trinajstić information content (AvgIpc) is 2.89. The lowest BCUT2D eigenvalue weighted by Crippen LogP contribution is -2.56. The Morgan fingerprint density at radius 2 is 2.00 bits per heavy atom. The molecule has 2 fully saturated rings. The number of nitrogens with zero attached hydrogens (tertiary/aromatic N) is 2. The summed E-state index contributed by atoms with van der Waals surface area (Å²) in [6.45, 7) is 13.8.